The lowest BCUT2D eigenvalue weighted by Crippen LogP contribution is -2.22. The lowest BCUT2D eigenvalue weighted by molar-refractivity contribution is 0.0495. The first-order chi connectivity index (χ1) is 10.1. The summed E-state index contributed by atoms with van der Waals surface area (Å²) >= 11 is 0. The van der Waals surface area contributed by atoms with Crippen molar-refractivity contribution in [2.24, 2.45) is 11.7 Å². The van der Waals surface area contributed by atoms with Crippen molar-refractivity contribution in [2.45, 2.75) is 52.5 Å². The Morgan fingerprint density at radius 3 is 2.43 bits per heavy atom. The molecule has 0 radical (unpaired) electrons. The van der Waals surface area contributed by atoms with E-state index in [4.69, 9.17) is 15.2 Å². The minimum atomic E-state index is 0.248. The minimum Gasteiger partial charge on any atom is -0.493 e. The molecule has 1 saturated heterocycles. The van der Waals surface area contributed by atoms with E-state index in [9.17, 15) is 0 Å². The first-order valence-corrected chi connectivity index (χ1v) is 8.16. The summed E-state index contributed by atoms with van der Waals surface area (Å²) in [5, 5.41) is 0. The Labute approximate surface area is 128 Å². The zero-order valence-corrected chi connectivity index (χ0v) is 13.7. The maximum Gasteiger partial charge on any atom is 0.125 e. The lowest BCUT2D eigenvalue weighted by atomic mass is 9.99. The van der Waals surface area contributed by atoms with Crippen LogP contribution >= 0.6 is 0 Å². The van der Waals surface area contributed by atoms with Gasteiger partial charge >= 0.3 is 0 Å². The third kappa shape index (κ3) is 4.72. The second-order valence-electron chi connectivity index (χ2n) is 6.30. The van der Waals surface area contributed by atoms with E-state index in [1.807, 2.05) is 0 Å². The molecule has 1 heterocycles. The van der Waals surface area contributed by atoms with Gasteiger partial charge in [-0.2, -0.15) is 0 Å². The topological polar surface area (TPSA) is 44.5 Å². The summed E-state index contributed by atoms with van der Waals surface area (Å²) in [5.41, 5.74) is 9.82. The van der Waals surface area contributed by atoms with Gasteiger partial charge in [-0.05, 0) is 62.1 Å². The summed E-state index contributed by atoms with van der Waals surface area (Å²) in [6, 6.07) is 4.70. The third-order valence-corrected chi connectivity index (χ3v) is 4.35. The molecule has 1 fully saturated rings. The number of hydrogen-bond donors (Lipinski definition) is 1. The van der Waals surface area contributed by atoms with Crippen LogP contribution in [0.1, 0.15) is 42.9 Å². The Kier molecular flexibility index (Phi) is 6.07. The lowest BCUT2D eigenvalue weighted by Gasteiger charge is -2.23. The smallest absolute Gasteiger partial charge is 0.125 e. The highest BCUT2D eigenvalue weighted by atomic mass is 16.5. The van der Waals surface area contributed by atoms with Gasteiger partial charge in [0.15, 0.2) is 0 Å². The molecular weight excluding hydrogens is 262 g/mol. The Balaban J connectivity index is 1.99. The normalized spacial score (nSPS) is 17.7. The average molecular weight is 291 g/mol. The number of benzene rings is 1. The van der Waals surface area contributed by atoms with Gasteiger partial charge in [0.25, 0.3) is 0 Å². The molecule has 0 aromatic heterocycles. The predicted octanol–water partition coefficient (Wildman–Crippen LogP) is 3.39. The van der Waals surface area contributed by atoms with Gasteiger partial charge in [-0.1, -0.05) is 19.1 Å². The summed E-state index contributed by atoms with van der Waals surface area (Å²) in [6.07, 6.45) is 4.18. The van der Waals surface area contributed by atoms with Crippen molar-refractivity contribution in [3.05, 3.63) is 28.8 Å². The van der Waals surface area contributed by atoms with Crippen LogP contribution in [0, 0.1) is 19.8 Å². The van der Waals surface area contributed by atoms with E-state index in [2.05, 4.69) is 32.9 Å². The van der Waals surface area contributed by atoms with Crippen molar-refractivity contribution in [1.29, 1.82) is 0 Å². The molecule has 1 unspecified atom stereocenters. The first kappa shape index (κ1) is 16.3. The highest BCUT2D eigenvalue weighted by Crippen LogP contribution is 2.27. The molecule has 1 aliphatic rings. The van der Waals surface area contributed by atoms with Crippen molar-refractivity contribution >= 4 is 0 Å². The van der Waals surface area contributed by atoms with Gasteiger partial charge in [-0.25, -0.2) is 0 Å². The van der Waals surface area contributed by atoms with E-state index in [1.165, 1.54) is 16.7 Å². The van der Waals surface area contributed by atoms with Gasteiger partial charge in [0.1, 0.15) is 5.75 Å². The van der Waals surface area contributed by atoms with Gasteiger partial charge in [0.2, 0.25) is 0 Å². The van der Waals surface area contributed by atoms with Gasteiger partial charge in [-0.15, -0.1) is 0 Å². The standard InChI is InChI=1S/C18H29NO2/c1-4-17(19)11-16-9-13(2)18(14(3)10-16)21-12-15-5-7-20-8-6-15/h9-10,15,17H,4-8,11-12,19H2,1-3H3. The SMILES string of the molecule is CCC(N)Cc1cc(C)c(OCC2CCOCC2)c(C)c1. The van der Waals surface area contributed by atoms with E-state index >= 15 is 0 Å². The fourth-order valence-corrected chi connectivity index (χ4v) is 2.95. The molecule has 3 heteroatoms. The molecule has 0 bridgehead atoms. The zero-order chi connectivity index (χ0) is 15.2. The number of rotatable bonds is 6. The molecule has 3 nitrogen and oxygen atoms in total. The molecule has 2 N–H and O–H groups in total. The van der Waals surface area contributed by atoms with Gasteiger partial charge < -0.3 is 15.2 Å². The number of nitrogens with two attached hydrogens (primary N) is 1. The first-order valence-electron chi connectivity index (χ1n) is 8.16. The van der Waals surface area contributed by atoms with E-state index in [0.29, 0.717) is 5.92 Å². The monoisotopic (exact) mass is 291 g/mol. The molecule has 1 aliphatic heterocycles. The van der Waals surface area contributed by atoms with Crippen molar-refractivity contribution in [2.75, 3.05) is 19.8 Å². The average Bonchev–Trinajstić information content (AvgIpc) is 2.47. The molecule has 0 saturated carbocycles. The van der Waals surface area contributed by atoms with Crippen molar-refractivity contribution in [3.63, 3.8) is 0 Å². The van der Waals surface area contributed by atoms with Crippen LogP contribution in [0.25, 0.3) is 0 Å². The summed E-state index contributed by atoms with van der Waals surface area (Å²) in [5.74, 6) is 1.68. The molecule has 21 heavy (non-hydrogen) atoms. The summed E-state index contributed by atoms with van der Waals surface area (Å²) in [4.78, 5) is 0. The van der Waals surface area contributed by atoms with Crippen molar-refractivity contribution in [1.82, 2.24) is 0 Å². The van der Waals surface area contributed by atoms with E-state index < -0.39 is 0 Å². The predicted molar refractivity (Wildman–Crippen MR) is 86.9 cm³/mol. The maximum atomic E-state index is 6.11. The zero-order valence-electron chi connectivity index (χ0n) is 13.7. The molecule has 0 aliphatic carbocycles. The number of hydrogen-bond acceptors (Lipinski definition) is 3. The van der Waals surface area contributed by atoms with Crippen LogP contribution in [-0.4, -0.2) is 25.9 Å². The van der Waals surface area contributed by atoms with Crippen molar-refractivity contribution in [3.8, 4) is 5.75 Å². The molecule has 0 amide bonds. The molecule has 2 rings (SSSR count). The van der Waals surface area contributed by atoms with Gasteiger partial charge in [0.05, 0.1) is 6.61 Å². The number of aryl methyl sites for hydroxylation is 2. The van der Waals surface area contributed by atoms with Crippen LogP contribution in [0.3, 0.4) is 0 Å². The molecule has 1 aromatic carbocycles. The largest absolute Gasteiger partial charge is 0.493 e. The number of ether oxygens (including phenoxy) is 2. The van der Waals surface area contributed by atoms with Crippen LogP contribution in [0.15, 0.2) is 12.1 Å². The van der Waals surface area contributed by atoms with Crippen molar-refractivity contribution < 1.29 is 9.47 Å². The highest BCUT2D eigenvalue weighted by Gasteiger charge is 2.16. The fourth-order valence-electron chi connectivity index (χ4n) is 2.95. The Morgan fingerprint density at radius 2 is 1.86 bits per heavy atom. The maximum absolute atomic E-state index is 6.11. The quantitative estimate of drug-likeness (QED) is 0.873. The second kappa shape index (κ2) is 7.81. The molecule has 0 spiro atoms. The Morgan fingerprint density at radius 1 is 1.24 bits per heavy atom. The van der Waals surface area contributed by atoms with E-state index in [1.54, 1.807) is 0 Å². The molecule has 1 aromatic rings. The summed E-state index contributed by atoms with van der Waals surface area (Å²) in [7, 11) is 0. The Bertz CT molecular complexity index is 430. The van der Waals surface area contributed by atoms with Crippen LogP contribution < -0.4 is 10.5 Å². The Hall–Kier alpha value is -1.06. The summed E-state index contributed by atoms with van der Waals surface area (Å²) < 4.78 is 11.5. The van der Waals surface area contributed by atoms with Crippen LogP contribution in [0.2, 0.25) is 0 Å². The molecule has 118 valence electrons. The third-order valence-electron chi connectivity index (χ3n) is 4.35. The second-order valence-corrected chi connectivity index (χ2v) is 6.30. The van der Waals surface area contributed by atoms with Gasteiger partial charge in [-0.3, -0.25) is 0 Å². The van der Waals surface area contributed by atoms with Gasteiger partial charge in [0, 0.05) is 19.3 Å². The fraction of sp³-hybridized carbons (Fsp3) is 0.667. The van der Waals surface area contributed by atoms with Crippen LogP contribution in [0.4, 0.5) is 0 Å². The molecular formula is C18H29NO2. The van der Waals surface area contributed by atoms with E-state index in [-0.39, 0.29) is 6.04 Å². The minimum absolute atomic E-state index is 0.248. The van der Waals surface area contributed by atoms with Crippen LogP contribution in [0.5, 0.6) is 5.75 Å². The van der Waals surface area contributed by atoms with E-state index in [0.717, 1.165) is 51.3 Å². The van der Waals surface area contributed by atoms with Crippen LogP contribution in [-0.2, 0) is 11.2 Å². The molecule has 1 atom stereocenters. The highest BCUT2D eigenvalue weighted by molar-refractivity contribution is 5.43. The summed E-state index contributed by atoms with van der Waals surface area (Å²) in [6.45, 7) is 8.95.